The number of hydrogen-bond acceptors (Lipinski definition) is 8. The maximum Gasteiger partial charge on any atom is 0.225 e. The van der Waals surface area contributed by atoms with E-state index in [1.165, 1.54) is 11.1 Å². The van der Waals surface area contributed by atoms with Crippen molar-refractivity contribution in [3.8, 4) is 11.8 Å². The minimum Gasteiger partial charge on any atom is -0.467 e. The van der Waals surface area contributed by atoms with Gasteiger partial charge in [-0.2, -0.15) is 5.26 Å². The van der Waals surface area contributed by atoms with E-state index in [-0.39, 0.29) is 0 Å². The monoisotopic (exact) mass is 456 g/mol. The van der Waals surface area contributed by atoms with Crippen molar-refractivity contribution >= 4 is 5.95 Å². The molecular formula is C26H28N6O2. The van der Waals surface area contributed by atoms with E-state index in [0.29, 0.717) is 30.7 Å². The molecule has 2 aliphatic heterocycles. The first-order valence-corrected chi connectivity index (χ1v) is 11.7. The number of hydrogen-bond donors (Lipinski definition) is 0. The molecule has 5 rings (SSSR count). The van der Waals surface area contributed by atoms with Gasteiger partial charge < -0.3 is 14.4 Å². The zero-order chi connectivity index (χ0) is 23.3. The molecule has 4 heterocycles. The molecule has 3 aromatic rings. The second-order valence-corrected chi connectivity index (χ2v) is 8.57. The van der Waals surface area contributed by atoms with E-state index >= 15 is 0 Å². The van der Waals surface area contributed by atoms with Crippen LogP contribution in [0.2, 0.25) is 0 Å². The Labute approximate surface area is 199 Å². The molecule has 0 radical (unpaired) electrons. The second kappa shape index (κ2) is 10.2. The van der Waals surface area contributed by atoms with Gasteiger partial charge in [-0.25, -0.2) is 9.97 Å². The Hall–Kier alpha value is -3.54. The highest BCUT2D eigenvalue weighted by Crippen LogP contribution is 2.31. The summed E-state index contributed by atoms with van der Waals surface area (Å²) in [5, 5.41) is 9.74. The Morgan fingerprint density at radius 1 is 1.06 bits per heavy atom. The Morgan fingerprint density at radius 2 is 1.94 bits per heavy atom. The molecule has 0 aliphatic carbocycles. The SMILES string of the molecule is CCc1cc2c(c(CN3CCN(c4nccc(C(C#N)c5ccccn5)n4)CC3)c1)OCOC2. The van der Waals surface area contributed by atoms with Gasteiger partial charge in [-0.1, -0.05) is 19.1 Å². The summed E-state index contributed by atoms with van der Waals surface area (Å²) in [6, 6.07) is 14.2. The number of nitriles is 1. The highest BCUT2D eigenvalue weighted by atomic mass is 16.7. The van der Waals surface area contributed by atoms with Crippen LogP contribution < -0.4 is 9.64 Å². The molecule has 8 heteroatoms. The van der Waals surface area contributed by atoms with Crippen LogP contribution in [0.25, 0.3) is 0 Å². The molecule has 0 bridgehead atoms. The minimum atomic E-state index is -0.509. The molecule has 1 fully saturated rings. The number of aromatic nitrogens is 3. The van der Waals surface area contributed by atoms with Gasteiger partial charge in [0.1, 0.15) is 11.7 Å². The molecule has 8 nitrogen and oxygen atoms in total. The maximum atomic E-state index is 9.74. The molecule has 0 spiro atoms. The Morgan fingerprint density at radius 3 is 2.71 bits per heavy atom. The van der Waals surface area contributed by atoms with Gasteiger partial charge in [0.2, 0.25) is 5.95 Å². The van der Waals surface area contributed by atoms with Gasteiger partial charge in [0.15, 0.2) is 6.79 Å². The Balaban J connectivity index is 1.27. The fraction of sp³-hybridized carbons (Fsp3) is 0.385. The smallest absolute Gasteiger partial charge is 0.225 e. The minimum absolute atomic E-state index is 0.315. The molecular weight excluding hydrogens is 428 g/mol. The van der Waals surface area contributed by atoms with Gasteiger partial charge in [-0.3, -0.25) is 9.88 Å². The molecule has 2 aliphatic rings. The molecule has 34 heavy (non-hydrogen) atoms. The predicted molar refractivity (Wildman–Crippen MR) is 127 cm³/mol. The third-order valence-corrected chi connectivity index (χ3v) is 6.38. The first-order valence-electron chi connectivity index (χ1n) is 11.7. The molecule has 1 saturated heterocycles. The summed E-state index contributed by atoms with van der Waals surface area (Å²) in [6.07, 6.45) is 4.43. The van der Waals surface area contributed by atoms with Crippen LogP contribution in [0.15, 0.2) is 48.8 Å². The van der Waals surface area contributed by atoms with Crippen LogP contribution in [0.5, 0.6) is 5.75 Å². The number of piperazine rings is 1. The van der Waals surface area contributed by atoms with E-state index in [1.54, 1.807) is 18.5 Å². The van der Waals surface area contributed by atoms with Crippen LogP contribution in [-0.2, 0) is 24.3 Å². The number of nitrogens with zero attached hydrogens (tertiary/aromatic N) is 6. The summed E-state index contributed by atoms with van der Waals surface area (Å²) in [5.74, 6) is 1.14. The first kappa shape index (κ1) is 22.3. The number of ether oxygens (including phenoxy) is 2. The first-order chi connectivity index (χ1) is 16.7. The number of rotatable bonds is 6. The van der Waals surface area contributed by atoms with Crippen LogP contribution >= 0.6 is 0 Å². The molecule has 0 N–H and O–H groups in total. The van der Waals surface area contributed by atoms with Crippen molar-refractivity contribution in [3.63, 3.8) is 0 Å². The van der Waals surface area contributed by atoms with Crippen molar-refractivity contribution in [3.05, 3.63) is 76.9 Å². The van der Waals surface area contributed by atoms with Gasteiger partial charge in [-0.15, -0.1) is 0 Å². The van der Waals surface area contributed by atoms with Gasteiger partial charge in [-0.05, 0) is 36.2 Å². The Bertz CT molecular complexity index is 1170. The van der Waals surface area contributed by atoms with Crippen molar-refractivity contribution < 1.29 is 9.47 Å². The van der Waals surface area contributed by atoms with E-state index in [1.807, 2.05) is 18.2 Å². The summed E-state index contributed by atoms with van der Waals surface area (Å²) in [4.78, 5) is 18.2. The summed E-state index contributed by atoms with van der Waals surface area (Å²) < 4.78 is 11.3. The average Bonchev–Trinajstić information content (AvgIpc) is 2.90. The van der Waals surface area contributed by atoms with E-state index in [9.17, 15) is 5.26 Å². The molecule has 0 amide bonds. The lowest BCUT2D eigenvalue weighted by atomic mass is 10.0. The molecule has 1 unspecified atom stereocenters. The Kier molecular flexibility index (Phi) is 6.65. The van der Waals surface area contributed by atoms with Gasteiger partial charge >= 0.3 is 0 Å². The van der Waals surface area contributed by atoms with Crippen LogP contribution in [0.1, 0.15) is 40.9 Å². The summed E-state index contributed by atoms with van der Waals surface area (Å²) >= 11 is 0. The fourth-order valence-corrected chi connectivity index (χ4v) is 4.55. The predicted octanol–water partition coefficient (Wildman–Crippen LogP) is 3.28. The van der Waals surface area contributed by atoms with Crippen molar-refractivity contribution in [2.75, 3.05) is 37.9 Å². The van der Waals surface area contributed by atoms with Crippen LogP contribution in [0.3, 0.4) is 0 Å². The van der Waals surface area contributed by atoms with E-state index in [0.717, 1.165) is 50.5 Å². The van der Waals surface area contributed by atoms with Crippen LogP contribution in [-0.4, -0.2) is 52.8 Å². The van der Waals surface area contributed by atoms with Crippen molar-refractivity contribution in [1.29, 1.82) is 5.26 Å². The second-order valence-electron chi connectivity index (χ2n) is 8.57. The molecule has 1 aromatic carbocycles. The summed E-state index contributed by atoms with van der Waals surface area (Å²) in [6.45, 7) is 7.39. The normalized spacial score (nSPS) is 16.9. The van der Waals surface area contributed by atoms with Gasteiger partial charge in [0.25, 0.3) is 0 Å². The zero-order valence-corrected chi connectivity index (χ0v) is 19.4. The van der Waals surface area contributed by atoms with Crippen LogP contribution in [0, 0.1) is 11.3 Å². The van der Waals surface area contributed by atoms with E-state index < -0.39 is 5.92 Å². The third-order valence-electron chi connectivity index (χ3n) is 6.38. The highest BCUT2D eigenvalue weighted by molar-refractivity contribution is 5.45. The van der Waals surface area contributed by atoms with Crippen molar-refractivity contribution in [2.45, 2.75) is 32.4 Å². The van der Waals surface area contributed by atoms with Gasteiger partial charge in [0.05, 0.1) is 24.1 Å². The number of anilines is 1. The highest BCUT2D eigenvalue weighted by Gasteiger charge is 2.24. The number of benzene rings is 1. The van der Waals surface area contributed by atoms with Crippen LogP contribution in [0.4, 0.5) is 5.95 Å². The summed E-state index contributed by atoms with van der Waals surface area (Å²) in [7, 11) is 0. The zero-order valence-electron chi connectivity index (χ0n) is 19.4. The third kappa shape index (κ3) is 4.72. The van der Waals surface area contributed by atoms with Gasteiger partial charge in [0, 0.05) is 56.2 Å². The van der Waals surface area contributed by atoms with Crippen molar-refractivity contribution in [2.24, 2.45) is 0 Å². The topological polar surface area (TPSA) is 87.4 Å². The quantitative estimate of drug-likeness (QED) is 0.559. The average molecular weight is 457 g/mol. The molecule has 0 saturated carbocycles. The molecule has 1 atom stereocenters. The number of aryl methyl sites for hydroxylation is 1. The maximum absolute atomic E-state index is 9.74. The van der Waals surface area contributed by atoms with E-state index in [2.05, 4.69) is 44.9 Å². The molecule has 2 aromatic heterocycles. The molecule has 174 valence electrons. The number of fused-ring (bicyclic) bond motifs is 1. The standard InChI is InChI=1S/C26H28N6O2/c1-2-19-13-20(25-21(14-19)17-33-18-34-25)16-31-9-11-32(12-10-31)26-29-8-6-24(30-26)22(15-27)23-5-3-4-7-28-23/h3-8,13-14,22H,2,9-12,16-18H2,1H3. The lowest BCUT2D eigenvalue weighted by Gasteiger charge is -2.35. The van der Waals surface area contributed by atoms with Crippen molar-refractivity contribution in [1.82, 2.24) is 19.9 Å². The largest absolute Gasteiger partial charge is 0.467 e. The lowest BCUT2D eigenvalue weighted by Crippen LogP contribution is -2.46. The van der Waals surface area contributed by atoms with E-state index in [4.69, 9.17) is 14.5 Å². The summed E-state index contributed by atoms with van der Waals surface area (Å²) in [5.41, 5.74) is 5.06. The fourth-order valence-electron chi connectivity index (χ4n) is 4.55. The number of pyridine rings is 1. The lowest BCUT2D eigenvalue weighted by molar-refractivity contribution is -0.0175.